The first-order chi connectivity index (χ1) is 13.5. The Morgan fingerprint density at radius 3 is 2.68 bits per heavy atom. The number of hydrogen-bond donors (Lipinski definition) is 1. The normalized spacial score (nSPS) is 20.5. The Morgan fingerprint density at radius 1 is 1.25 bits per heavy atom. The minimum atomic E-state index is -0.388. The molecule has 3 rings (SSSR count). The summed E-state index contributed by atoms with van der Waals surface area (Å²) in [5, 5.41) is 2.68. The predicted molar refractivity (Wildman–Crippen MR) is 104 cm³/mol. The van der Waals surface area contributed by atoms with Crippen molar-refractivity contribution >= 4 is 29.2 Å². The molecule has 2 N–H and O–H groups in total. The third-order valence-corrected chi connectivity index (χ3v) is 6.24. The molecule has 1 unspecified atom stereocenters. The van der Waals surface area contributed by atoms with Crippen molar-refractivity contribution in [3.63, 3.8) is 0 Å². The molecular weight excluding hydrogens is 380 g/mol. The van der Waals surface area contributed by atoms with Crippen LogP contribution in [0.15, 0.2) is 5.38 Å². The molecule has 150 valence electrons. The second kappa shape index (κ2) is 9.06. The largest absolute Gasteiger partial charge is 0.436 e. The van der Waals surface area contributed by atoms with Crippen LogP contribution >= 0.6 is 11.3 Å². The van der Waals surface area contributed by atoms with Crippen LogP contribution in [-0.2, 0) is 9.53 Å². The lowest BCUT2D eigenvalue weighted by molar-refractivity contribution is -0.123. The lowest BCUT2D eigenvalue weighted by Gasteiger charge is -2.31. The first kappa shape index (κ1) is 20.1. The number of ether oxygens (including phenoxy) is 1. The van der Waals surface area contributed by atoms with Gasteiger partial charge >= 0.3 is 6.09 Å². The molecule has 2 saturated heterocycles. The number of primary amides is 1. The van der Waals surface area contributed by atoms with Gasteiger partial charge in [0.15, 0.2) is 6.61 Å². The van der Waals surface area contributed by atoms with Gasteiger partial charge in [-0.15, -0.1) is 17.8 Å². The topological polar surface area (TPSA) is 106 Å². The van der Waals surface area contributed by atoms with Crippen LogP contribution < -0.4 is 5.73 Å². The Labute approximate surface area is 168 Å². The van der Waals surface area contributed by atoms with E-state index in [4.69, 9.17) is 16.9 Å². The molecule has 0 aliphatic carbocycles. The van der Waals surface area contributed by atoms with E-state index in [0.29, 0.717) is 31.9 Å². The first-order valence-electron chi connectivity index (χ1n) is 9.38. The van der Waals surface area contributed by atoms with Gasteiger partial charge in [0.25, 0.3) is 5.91 Å². The minimum Gasteiger partial charge on any atom is -0.436 e. The van der Waals surface area contributed by atoms with Gasteiger partial charge in [0, 0.05) is 37.5 Å². The van der Waals surface area contributed by atoms with E-state index < -0.39 is 0 Å². The number of piperidine rings is 2. The highest BCUT2D eigenvalue weighted by Gasteiger charge is 2.30. The van der Waals surface area contributed by atoms with Crippen LogP contribution in [0.4, 0.5) is 4.79 Å². The molecule has 0 saturated carbocycles. The monoisotopic (exact) mass is 404 g/mol. The third-order valence-electron chi connectivity index (χ3n) is 5.23. The average Bonchev–Trinajstić information content (AvgIpc) is 3.22. The number of likely N-dealkylation sites (tertiary alicyclic amines) is 2. The summed E-state index contributed by atoms with van der Waals surface area (Å²) in [6, 6.07) is 0. The van der Waals surface area contributed by atoms with Gasteiger partial charge < -0.3 is 20.3 Å². The van der Waals surface area contributed by atoms with Gasteiger partial charge in [-0.1, -0.05) is 5.92 Å². The molecule has 0 radical (unpaired) electrons. The molecule has 0 aromatic carbocycles. The number of carbonyl (C=O) groups excluding carboxylic acids is 3. The molecule has 3 amide bonds. The minimum absolute atomic E-state index is 0.0240. The van der Waals surface area contributed by atoms with Crippen LogP contribution in [-0.4, -0.2) is 65.5 Å². The zero-order chi connectivity index (χ0) is 20.1. The first-order valence-corrected chi connectivity index (χ1v) is 10.3. The van der Waals surface area contributed by atoms with Gasteiger partial charge in [-0.25, -0.2) is 9.78 Å². The molecule has 2 aliphatic heterocycles. The van der Waals surface area contributed by atoms with E-state index in [0.717, 1.165) is 30.7 Å². The number of nitrogens with zero attached hydrogens (tertiary/aromatic N) is 3. The van der Waals surface area contributed by atoms with E-state index >= 15 is 0 Å². The molecule has 0 bridgehead atoms. The number of amides is 3. The molecule has 0 spiro atoms. The Bertz CT molecular complexity index is 779. The van der Waals surface area contributed by atoms with E-state index in [2.05, 4.69) is 10.9 Å². The van der Waals surface area contributed by atoms with Crippen molar-refractivity contribution < 1.29 is 19.1 Å². The van der Waals surface area contributed by atoms with Crippen molar-refractivity contribution in [1.82, 2.24) is 14.8 Å². The molecule has 1 aromatic heterocycles. The van der Waals surface area contributed by atoms with Crippen LogP contribution in [0, 0.1) is 18.3 Å². The van der Waals surface area contributed by atoms with E-state index in [-0.39, 0.29) is 36.4 Å². The van der Waals surface area contributed by atoms with Crippen molar-refractivity contribution in [3.8, 4) is 12.3 Å². The van der Waals surface area contributed by atoms with Gasteiger partial charge in [0.1, 0.15) is 5.69 Å². The highest BCUT2D eigenvalue weighted by atomic mass is 32.1. The zero-order valence-electron chi connectivity index (χ0n) is 15.6. The second-order valence-electron chi connectivity index (χ2n) is 7.08. The van der Waals surface area contributed by atoms with Crippen molar-refractivity contribution in [1.29, 1.82) is 0 Å². The number of terminal acetylenes is 1. The molecule has 2 aliphatic rings. The number of aromatic nitrogens is 1. The Kier molecular flexibility index (Phi) is 6.52. The Morgan fingerprint density at radius 2 is 2.00 bits per heavy atom. The summed E-state index contributed by atoms with van der Waals surface area (Å²) in [6.07, 6.45) is 7.73. The summed E-state index contributed by atoms with van der Waals surface area (Å²) in [4.78, 5) is 43.9. The summed E-state index contributed by atoms with van der Waals surface area (Å²) < 4.78 is 4.95. The summed E-state index contributed by atoms with van der Waals surface area (Å²) in [5.74, 6) is 1.70. The fraction of sp³-hybridized carbons (Fsp3) is 0.579. The number of nitrogens with two attached hydrogens (primary N) is 1. The van der Waals surface area contributed by atoms with Crippen LogP contribution in [0.1, 0.15) is 47.1 Å². The standard InChI is InChI=1S/C19H24N4O4S/c1-2-10-27-19(26)22-8-5-13(6-9-22)17-21-15(12-28-17)18(25)23-7-3-4-14(11-23)16(20)24/h1,12-14H,3-11H2,(H2,20,24). The van der Waals surface area contributed by atoms with Gasteiger partial charge in [-0.2, -0.15) is 0 Å². The number of rotatable bonds is 4. The van der Waals surface area contributed by atoms with Crippen LogP contribution in [0.3, 0.4) is 0 Å². The average molecular weight is 404 g/mol. The lowest BCUT2D eigenvalue weighted by atomic mass is 9.97. The van der Waals surface area contributed by atoms with Crippen molar-refractivity contribution in [2.45, 2.75) is 31.6 Å². The smallest absolute Gasteiger partial charge is 0.410 e. The maximum atomic E-state index is 12.7. The number of thiazole rings is 1. The molecule has 1 atom stereocenters. The van der Waals surface area contributed by atoms with Crippen LogP contribution in [0.2, 0.25) is 0 Å². The summed E-state index contributed by atoms with van der Waals surface area (Å²) in [7, 11) is 0. The fourth-order valence-corrected chi connectivity index (χ4v) is 4.60. The molecule has 1 aromatic rings. The highest BCUT2D eigenvalue weighted by molar-refractivity contribution is 7.09. The lowest BCUT2D eigenvalue weighted by Crippen LogP contribution is -2.44. The van der Waals surface area contributed by atoms with Gasteiger partial charge in [-0.3, -0.25) is 9.59 Å². The van der Waals surface area contributed by atoms with Gasteiger partial charge in [0.2, 0.25) is 5.91 Å². The SMILES string of the molecule is C#CCOC(=O)N1CCC(c2nc(C(=O)N3CCCC(C(N)=O)C3)cs2)CC1. The van der Waals surface area contributed by atoms with Crippen LogP contribution in [0.5, 0.6) is 0 Å². The Balaban J connectivity index is 1.56. The van der Waals surface area contributed by atoms with E-state index in [1.165, 1.54) is 11.3 Å². The van der Waals surface area contributed by atoms with E-state index in [1.807, 2.05) is 0 Å². The van der Waals surface area contributed by atoms with Crippen molar-refractivity contribution in [3.05, 3.63) is 16.1 Å². The number of hydrogen-bond acceptors (Lipinski definition) is 6. The predicted octanol–water partition coefficient (Wildman–Crippen LogP) is 1.43. The van der Waals surface area contributed by atoms with Crippen molar-refractivity contribution in [2.75, 3.05) is 32.8 Å². The summed E-state index contributed by atoms with van der Waals surface area (Å²) in [5.41, 5.74) is 5.81. The molecular formula is C19H24N4O4S. The highest BCUT2D eigenvalue weighted by Crippen LogP contribution is 2.31. The summed E-state index contributed by atoms with van der Waals surface area (Å²) >= 11 is 1.47. The fourth-order valence-electron chi connectivity index (χ4n) is 3.63. The van der Waals surface area contributed by atoms with Gasteiger partial charge in [0.05, 0.1) is 10.9 Å². The maximum absolute atomic E-state index is 12.7. The van der Waals surface area contributed by atoms with Crippen LogP contribution in [0.25, 0.3) is 0 Å². The number of carbonyl (C=O) groups is 3. The van der Waals surface area contributed by atoms with Crippen molar-refractivity contribution in [2.24, 2.45) is 11.7 Å². The zero-order valence-corrected chi connectivity index (χ0v) is 16.5. The quantitative estimate of drug-likeness (QED) is 0.764. The van der Waals surface area contributed by atoms with E-state index in [1.54, 1.807) is 15.2 Å². The molecule has 28 heavy (non-hydrogen) atoms. The second-order valence-corrected chi connectivity index (χ2v) is 7.97. The molecule has 3 heterocycles. The van der Waals surface area contributed by atoms with Gasteiger partial charge in [-0.05, 0) is 25.7 Å². The van der Waals surface area contributed by atoms with E-state index in [9.17, 15) is 14.4 Å². The summed E-state index contributed by atoms with van der Waals surface area (Å²) in [6.45, 7) is 2.10. The third kappa shape index (κ3) is 4.62. The maximum Gasteiger partial charge on any atom is 0.410 e. The Hall–Kier alpha value is -2.60. The molecule has 8 nitrogen and oxygen atoms in total. The molecule has 9 heteroatoms. The molecule has 2 fully saturated rings.